The summed E-state index contributed by atoms with van der Waals surface area (Å²) >= 11 is 0. The minimum atomic E-state index is 0.777. The molecule has 3 aromatic rings. The molecule has 0 amide bonds. The Kier molecular flexibility index (Phi) is 8.83. The van der Waals surface area contributed by atoms with E-state index in [0.29, 0.717) is 0 Å². The van der Waals surface area contributed by atoms with Gasteiger partial charge in [-0.3, -0.25) is 4.98 Å². The number of nitrogens with zero attached hydrogens (tertiary/aromatic N) is 1. The molecule has 3 rings (SSSR count). The van der Waals surface area contributed by atoms with Crippen LogP contribution in [0.15, 0.2) is 85.2 Å². The zero-order chi connectivity index (χ0) is 16.9. The van der Waals surface area contributed by atoms with E-state index in [0.717, 1.165) is 8.58 Å². The van der Waals surface area contributed by atoms with Crippen LogP contribution in [0, 0.1) is 0 Å². The number of benzene rings is 2. The maximum Gasteiger partial charge on any atom is 0.0299 e. The van der Waals surface area contributed by atoms with E-state index in [1.54, 1.807) is 0 Å². The molecule has 0 saturated heterocycles. The normalized spacial score (nSPS) is 9.88. The van der Waals surface area contributed by atoms with Crippen LogP contribution in [0.25, 0.3) is 0 Å². The molecule has 1 heterocycles. The molecular weight excluding hydrogens is 309 g/mol. The largest absolute Gasteiger partial charge is 0.264 e. The lowest BCUT2D eigenvalue weighted by molar-refractivity contribution is 0.716. The third kappa shape index (κ3) is 7.53. The first-order valence-corrected chi connectivity index (χ1v) is 9.64. The number of aryl methyl sites for hydroxylation is 1. The van der Waals surface area contributed by atoms with Gasteiger partial charge in [0, 0.05) is 12.4 Å². The van der Waals surface area contributed by atoms with E-state index in [4.69, 9.17) is 0 Å². The fraction of sp³-hybridized carbons (Fsp3) is 0.227. The molecule has 0 aliphatic heterocycles. The van der Waals surface area contributed by atoms with E-state index in [1.807, 2.05) is 18.5 Å². The van der Waals surface area contributed by atoms with Gasteiger partial charge in [0.1, 0.15) is 0 Å². The summed E-state index contributed by atoms with van der Waals surface area (Å²) in [6.45, 7) is 2.23. The van der Waals surface area contributed by atoms with Crippen LogP contribution in [-0.4, -0.2) is 4.98 Å². The van der Waals surface area contributed by atoms with E-state index >= 15 is 0 Å². The van der Waals surface area contributed by atoms with Crippen molar-refractivity contribution in [1.29, 1.82) is 0 Å². The highest BCUT2D eigenvalue weighted by Crippen LogP contribution is 2.08. The summed E-state index contributed by atoms with van der Waals surface area (Å²) in [5.74, 6) is 0. The van der Waals surface area contributed by atoms with Crippen LogP contribution in [0.2, 0.25) is 0 Å². The third-order valence-corrected chi connectivity index (χ3v) is 4.87. The van der Waals surface area contributed by atoms with Crippen molar-refractivity contribution in [2.75, 3.05) is 0 Å². The Labute approximate surface area is 148 Å². The minimum absolute atomic E-state index is 0.777. The number of unbranched alkanes of at least 4 members (excludes halogenated alkanes) is 2. The predicted molar refractivity (Wildman–Crippen MR) is 108 cm³/mol. The van der Waals surface area contributed by atoms with Gasteiger partial charge in [-0.05, 0) is 35.1 Å². The topological polar surface area (TPSA) is 12.9 Å². The third-order valence-electron chi connectivity index (χ3n) is 3.63. The molecule has 0 saturated carbocycles. The van der Waals surface area contributed by atoms with Crippen molar-refractivity contribution >= 4 is 19.2 Å². The molecule has 2 aromatic carbocycles. The fourth-order valence-corrected chi connectivity index (χ4v) is 3.39. The molecule has 124 valence electrons. The molecule has 0 atom stereocenters. The summed E-state index contributed by atoms with van der Waals surface area (Å²) < 4.78 is 0. The van der Waals surface area contributed by atoms with Gasteiger partial charge in [-0.25, -0.2) is 0 Å². The van der Waals surface area contributed by atoms with Crippen molar-refractivity contribution in [3.8, 4) is 0 Å². The van der Waals surface area contributed by atoms with Gasteiger partial charge in [0.05, 0.1) is 0 Å². The van der Waals surface area contributed by atoms with Gasteiger partial charge in [-0.2, -0.15) is 0 Å². The van der Waals surface area contributed by atoms with Crippen LogP contribution in [0.1, 0.15) is 31.7 Å². The van der Waals surface area contributed by atoms with E-state index in [-0.39, 0.29) is 0 Å². The van der Waals surface area contributed by atoms with Crippen LogP contribution in [-0.2, 0) is 6.42 Å². The Morgan fingerprint density at radius 3 is 1.88 bits per heavy atom. The molecular formula is C22H26NP. The quantitative estimate of drug-likeness (QED) is 0.449. The van der Waals surface area contributed by atoms with Crippen molar-refractivity contribution in [2.24, 2.45) is 0 Å². The second kappa shape index (κ2) is 11.5. The smallest absolute Gasteiger partial charge is 0.0299 e. The SMILES string of the molecule is CCCCCc1cccnc1.c1ccc(Pc2ccccc2)cc1. The number of pyridine rings is 1. The lowest BCUT2D eigenvalue weighted by Crippen LogP contribution is -2.01. The van der Waals surface area contributed by atoms with E-state index < -0.39 is 0 Å². The molecule has 0 bridgehead atoms. The minimum Gasteiger partial charge on any atom is -0.264 e. The molecule has 0 N–H and O–H groups in total. The second-order valence-electron chi connectivity index (χ2n) is 5.68. The van der Waals surface area contributed by atoms with Gasteiger partial charge in [0.25, 0.3) is 0 Å². The summed E-state index contributed by atoms with van der Waals surface area (Å²) in [7, 11) is 0.777. The van der Waals surface area contributed by atoms with Crippen molar-refractivity contribution in [3.63, 3.8) is 0 Å². The lowest BCUT2D eigenvalue weighted by atomic mass is 10.1. The van der Waals surface area contributed by atoms with Gasteiger partial charge in [0.2, 0.25) is 0 Å². The van der Waals surface area contributed by atoms with Gasteiger partial charge in [-0.15, -0.1) is 0 Å². The molecule has 0 aliphatic rings. The van der Waals surface area contributed by atoms with Gasteiger partial charge in [0.15, 0.2) is 0 Å². The summed E-state index contributed by atoms with van der Waals surface area (Å²) in [4.78, 5) is 4.06. The van der Waals surface area contributed by atoms with E-state index in [1.165, 1.54) is 41.9 Å². The fourth-order valence-electron chi connectivity index (χ4n) is 2.33. The Balaban J connectivity index is 0.000000177. The van der Waals surface area contributed by atoms with E-state index in [9.17, 15) is 0 Å². The first kappa shape index (κ1) is 18.4. The second-order valence-corrected chi connectivity index (χ2v) is 7.08. The van der Waals surface area contributed by atoms with Crippen molar-refractivity contribution < 1.29 is 0 Å². The average Bonchev–Trinajstić information content (AvgIpc) is 2.65. The van der Waals surface area contributed by atoms with Crippen molar-refractivity contribution in [3.05, 3.63) is 90.8 Å². The van der Waals surface area contributed by atoms with Crippen LogP contribution in [0.5, 0.6) is 0 Å². The zero-order valence-electron chi connectivity index (χ0n) is 14.4. The molecule has 0 unspecified atom stereocenters. The summed E-state index contributed by atoms with van der Waals surface area (Å²) in [6, 6.07) is 25.3. The molecule has 0 aliphatic carbocycles. The van der Waals surface area contributed by atoms with Crippen LogP contribution < -0.4 is 10.6 Å². The Morgan fingerprint density at radius 2 is 1.38 bits per heavy atom. The molecule has 0 fully saturated rings. The van der Waals surface area contributed by atoms with Crippen molar-refractivity contribution in [2.45, 2.75) is 32.6 Å². The van der Waals surface area contributed by atoms with Gasteiger partial charge < -0.3 is 0 Å². The highest BCUT2D eigenvalue weighted by atomic mass is 31.1. The molecule has 2 heteroatoms. The molecule has 0 radical (unpaired) electrons. The highest BCUT2D eigenvalue weighted by molar-refractivity contribution is 7.55. The molecule has 1 nitrogen and oxygen atoms in total. The summed E-state index contributed by atoms with van der Waals surface area (Å²) in [6.07, 6.45) is 8.87. The maximum absolute atomic E-state index is 4.06. The van der Waals surface area contributed by atoms with E-state index in [2.05, 4.69) is 78.6 Å². The number of rotatable bonds is 6. The standard InChI is InChI=1S/C12H11P.C10H15N/c1-3-7-11(8-4-1)13-12-9-5-2-6-10-12;1-2-3-4-6-10-7-5-8-11-9-10/h1-10,13H;5,7-9H,2-4,6H2,1H3. The zero-order valence-corrected chi connectivity index (χ0v) is 15.4. The monoisotopic (exact) mass is 335 g/mol. The number of hydrogen-bond acceptors (Lipinski definition) is 1. The van der Waals surface area contributed by atoms with Crippen LogP contribution in [0.4, 0.5) is 0 Å². The van der Waals surface area contributed by atoms with Crippen LogP contribution in [0.3, 0.4) is 0 Å². The first-order chi connectivity index (χ1) is 11.9. The van der Waals surface area contributed by atoms with Crippen LogP contribution >= 0.6 is 8.58 Å². The number of aromatic nitrogens is 1. The van der Waals surface area contributed by atoms with Crippen molar-refractivity contribution in [1.82, 2.24) is 4.98 Å². The predicted octanol–water partition coefficient (Wildman–Crippen LogP) is 5.13. The molecule has 0 spiro atoms. The average molecular weight is 335 g/mol. The summed E-state index contributed by atoms with van der Waals surface area (Å²) in [5, 5.41) is 2.79. The molecule has 24 heavy (non-hydrogen) atoms. The first-order valence-electron chi connectivity index (χ1n) is 8.64. The Morgan fingerprint density at radius 1 is 0.750 bits per heavy atom. The van der Waals surface area contributed by atoms with Gasteiger partial charge in [-0.1, -0.05) is 95.1 Å². The number of hydrogen-bond donors (Lipinski definition) is 0. The highest BCUT2D eigenvalue weighted by Gasteiger charge is 1.92. The molecule has 1 aromatic heterocycles. The Bertz CT molecular complexity index is 616. The summed E-state index contributed by atoms with van der Waals surface area (Å²) in [5.41, 5.74) is 1.36. The van der Waals surface area contributed by atoms with Gasteiger partial charge >= 0.3 is 0 Å². The Hall–Kier alpha value is -1.98. The maximum atomic E-state index is 4.06. The lowest BCUT2D eigenvalue weighted by Gasteiger charge is -2.00.